The Hall–Kier alpha value is -2.11. The average Bonchev–Trinajstić information content (AvgIpc) is 2.21. The molecule has 0 amide bonds. The molecule has 2 N–H and O–H groups in total. The highest BCUT2D eigenvalue weighted by molar-refractivity contribution is 5.76. The summed E-state index contributed by atoms with van der Waals surface area (Å²) in [5.41, 5.74) is 6.19. The van der Waals surface area contributed by atoms with Crippen molar-refractivity contribution in [2.45, 2.75) is 13.0 Å². The van der Waals surface area contributed by atoms with Crippen LogP contribution in [0.4, 0.5) is 5.69 Å². The fourth-order valence-corrected chi connectivity index (χ4v) is 1.24. The number of nitrogen functional groups attached to an aromatic ring is 1. The standard InChI is InChI=1S/C10H12N2O4/c1-2-16-10(13)9(12(14)15)7-3-5-8(11)6-4-7/h3-6,9H,2,11H2,1H3. The molecule has 0 aromatic heterocycles. The summed E-state index contributed by atoms with van der Waals surface area (Å²) < 4.78 is 4.64. The maximum absolute atomic E-state index is 11.4. The lowest BCUT2D eigenvalue weighted by atomic mass is 10.1. The first kappa shape index (κ1) is 12.0. The van der Waals surface area contributed by atoms with Crippen molar-refractivity contribution >= 4 is 11.7 Å². The Kier molecular flexibility index (Phi) is 3.82. The van der Waals surface area contributed by atoms with Gasteiger partial charge in [-0.25, -0.2) is 4.79 Å². The van der Waals surface area contributed by atoms with Crippen LogP contribution in [0.5, 0.6) is 0 Å². The number of nitro groups is 1. The molecule has 6 heteroatoms. The Balaban J connectivity index is 2.98. The van der Waals surface area contributed by atoms with Crippen LogP contribution in [0.1, 0.15) is 18.5 Å². The third-order valence-corrected chi connectivity index (χ3v) is 1.97. The summed E-state index contributed by atoms with van der Waals surface area (Å²) in [7, 11) is 0. The Morgan fingerprint density at radius 2 is 2.06 bits per heavy atom. The van der Waals surface area contributed by atoms with Gasteiger partial charge in [0, 0.05) is 16.2 Å². The van der Waals surface area contributed by atoms with E-state index in [-0.39, 0.29) is 12.2 Å². The van der Waals surface area contributed by atoms with Crippen LogP contribution < -0.4 is 5.73 Å². The molecule has 0 aliphatic rings. The number of carbonyl (C=O) groups is 1. The van der Waals surface area contributed by atoms with Gasteiger partial charge >= 0.3 is 12.0 Å². The van der Waals surface area contributed by atoms with Crippen LogP contribution in [0.2, 0.25) is 0 Å². The first-order valence-corrected chi connectivity index (χ1v) is 4.71. The predicted octanol–water partition coefficient (Wildman–Crippen LogP) is 1.15. The van der Waals surface area contributed by atoms with Crippen molar-refractivity contribution in [1.29, 1.82) is 0 Å². The van der Waals surface area contributed by atoms with E-state index < -0.39 is 16.9 Å². The molecule has 6 nitrogen and oxygen atoms in total. The Bertz CT molecular complexity index is 388. The lowest BCUT2D eigenvalue weighted by Crippen LogP contribution is -2.23. The molecule has 0 aliphatic carbocycles. The number of nitrogens with two attached hydrogens (primary N) is 1. The maximum Gasteiger partial charge on any atom is 0.386 e. The first-order valence-electron chi connectivity index (χ1n) is 4.71. The van der Waals surface area contributed by atoms with Crippen LogP contribution in [0, 0.1) is 10.1 Å². The normalized spacial score (nSPS) is 11.8. The molecule has 1 atom stereocenters. The van der Waals surface area contributed by atoms with Gasteiger partial charge in [0.1, 0.15) is 0 Å². The minimum absolute atomic E-state index is 0.109. The predicted molar refractivity (Wildman–Crippen MR) is 57.2 cm³/mol. The first-order chi connectivity index (χ1) is 7.56. The Morgan fingerprint density at radius 3 is 2.50 bits per heavy atom. The van der Waals surface area contributed by atoms with Crippen molar-refractivity contribution in [1.82, 2.24) is 0 Å². The number of carbonyl (C=O) groups excluding carboxylic acids is 1. The summed E-state index contributed by atoms with van der Waals surface area (Å²) >= 11 is 0. The highest BCUT2D eigenvalue weighted by Gasteiger charge is 2.33. The van der Waals surface area contributed by atoms with Crippen LogP contribution in [-0.4, -0.2) is 17.5 Å². The molecular weight excluding hydrogens is 212 g/mol. The van der Waals surface area contributed by atoms with Crippen LogP contribution in [0.3, 0.4) is 0 Å². The highest BCUT2D eigenvalue weighted by atomic mass is 16.6. The van der Waals surface area contributed by atoms with E-state index in [0.29, 0.717) is 5.69 Å². The number of ether oxygens (including phenoxy) is 1. The van der Waals surface area contributed by atoms with Crippen molar-refractivity contribution in [2.24, 2.45) is 0 Å². The minimum atomic E-state index is -1.49. The third-order valence-electron chi connectivity index (χ3n) is 1.97. The molecule has 0 aliphatic heterocycles. The van der Waals surface area contributed by atoms with E-state index >= 15 is 0 Å². The zero-order chi connectivity index (χ0) is 12.1. The number of esters is 1. The number of hydrogen-bond donors (Lipinski definition) is 1. The zero-order valence-electron chi connectivity index (χ0n) is 8.75. The molecule has 16 heavy (non-hydrogen) atoms. The smallest absolute Gasteiger partial charge is 0.386 e. The monoisotopic (exact) mass is 224 g/mol. The lowest BCUT2D eigenvalue weighted by Gasteiger charge is -2.08. The van der Waals surface area contributed by atoms with Crippen molar-refractivity contribution < 1.29 is 14.5 Å². The van der Waals surface area contributed by atoms with Gasteiger partial charge in [0.15, 0.2) is 0 Å². The van der Waals surface area contributed by atoms with Gasteiger partial charge < -0.3 is 10.5 Å². The number of benzene rings is 1. The van der Waals surface area contributed by atoms with Crippen molar-refractivity contribution in [3.05, 3.63) is 39.9 Å². The van der Waals surface area contributed by atoms with E-state index in [0.717, 1.165) is 0 Å². The van der Waals surface area contributed by atoms with Crippen LogP contribution >= 0.6 is 0 Å². The molecule has 0 fully saturated rings. The molecule has 1 unspecified atom stereocenters. The quantitative estimate of drug-likeness (QED) is 0.358. The summed E-state index contributed by atoms with van der Waals surface area (Å²) in [6.45, 7) is 1.70. The number of anilines is 1. The molecule has 0 radical (unpaired) electrons. The fraction of sp³-hybridized carbons (Fsp3) is 0.300. The zero-order valence-corrected chi connectivity index (χ0v) is 8.75. The third kappa shape index (κ3) is 2.69. The molecule has 1 aromatic carbocycles. The van der Waals surface area contributed by atoms with Gasteiger partial charge in [0.25, 0.3) is 0 Å². The van der Waals surface area contributed by atoms with Gasteiger partial charge in [-0.2, -0.15) is 0 Å². The van der Waals surface area contributed by atoms with Crippen molar-refractivity contribution in [2.75, 3.05) is 12.3 Å². The summed E-state index contributed by atoms with van der Waals surface area (Å²) in [5.74, 6) is -0.864. The number of rotatable bonds is 4. The highest BCUT2D eigenvalue weighted by Crippen LogP contribution is 2.19. The summed E-state index contributed by atoms with van der Waals surface area (Å²) in [6, 6.07) is 4.41. The van der Waals surface area contributed by atoms with Crippen molar-refractivity contribution in [3.8, 4) is 0 Å². The maximum atomic E-state index is 11.4. The minimum Gasteiger partial charge on any atom is -0.461 e. The van der Waals surface area contributed by atoms with Crippen molar-refractivity contribution in [3.63, 3.8) is 0 Å². The van der Waals surface area contributed by atoms with E-state index in [1.165, 1.54) is 24.3 Å². The molecule has 0 bridgehead atoms. The summed E-state index contributed by atoms with van der Waals surface area (Å²) in [4.78, 5) is 21.5. The van der Waals surface area contributed by atoms with E-state index in [1.54, 1.807) is 6.92 Å². The van der Waals surface area contributed by atoms with Crippen LogP contribution in [0.15, 0.2) is 24.3 Å². The van der Waals surface area contributed by atoms with E-state index in [1.807, 2.05) is 0 Å². The largest absolute Gasteiger partial charge is 0.461 e. The molecule has 1 rings (SSSR count). The van der Waals surface area contributed by atoms with Gasteiger partial charge in [-0.05, 0) is 31.2 Å². The second-order valence-electron chi connectivity index (χ2n) is 3.11. The molecule has 0 spiro atoms. The fourth-order valence-electron chi connectivity index (χ4n) is 1.24. The van der Waals surface area contributed by atoms with Gasteiger partial charge in [-0.1, -0.05) is 0 Å². The SMILES string of the molecule is CCOC(=O)C(c1ccc(N)cc1)[N+](=O)[O-]. The van der Waals surface area contributed by atoms with Crippen LogP contribution in [0.25, 0.3) is 0 Å². The second kappa shape index (κ2) is 5.11. The lowest BCUT2D eigenvalue weighted by molar-refractivity contribution is -0.516. The molecule has 86 valence electrons. The molecule has 0 saturated heterocycles. The summed E-state index contributed by atoms with van der Waals surface area (Å²) in [6.07, 6.45) is 0. The number of nitrogens with zero attached hydrogens (tertiary/aromatic N) is 1. The summed E-state index contributed by atoms with van der Waals surface area (Å²) in [5, 5.41) is 10.8. The van der Waals surface area contributed by atoms with E-state index in [9.17, 15) is 14.9 Å². The van der Waals surface area contributed by atoms with E-state index in [4.69, 9.17) is 5.73 Å². The molecule has 1 aromatic rings. The molecule has 0 saturated carbocycles. The topological polar surface area (TPSA) is 95.5 Å². The van der Waals surface area contributed by atoms with Gasteiger partial charge in [-0.15, -0.1) is 0 Å². The molecule has 0 heterocycles. The van der Waals surface area contributed by atoms with E-state index in [2.05, 4.69) is 4.74 Å². The Morgan fingerprint density at radius 1 is 1.50 bits per heavy atom. The average molecular weight is 224 g/mol. The van der Waals surface area contributed by atoms with Crippen LogP contribution in [-0.2, 0) is 9.53 Å². The number of hydrogen-bond acceptors (Lipinski definition) is 5. The second-order valence-corrected chi connectivity index (χ2v) is 3.11. The van der Waals surface area contributed by atoms with Gasteiger partial charge in [0.2, 0.25) is 0 Å². The Labute approximate surface area is 92.2 Å². The molecular formula is C10H12N2O4. The van der Waals surface area contributed by atoms with Gasteiger partial charge in [-0.3, -0.25) is 10.1 Å². The van der Waals surface area contributed by atoms with Gasteiger partial charge in [0.05, 0.1) is 6.61 Å².